The number of rotatable bonds is 3. The van der Waals surface area contributed by atoms with Crippen molar-refractivity contribution in [3.05, 3.63) is 12.2 Å². The molecule has 1 fully saturated rings. The Kier molecular flexibility index (Phi) is 3.55. The van der Waals surface area contributed by atoms with Gasteiger partial charge in [0.25, 0.3) is 0 Å². The second-order valence-corrected chi connectivity index (χ2v) is 4.40. The van der Waals surface area contributed by atoms with E-state index in [1.165, 1.54) is 37.7 Å². The van der Waals surface area contributed by atoms with Crippen LogP contribution in [0.4, 0.5) is 0 Å². The first-order valence-electron chi connectivity index (χ1n) is 5.33. The third-order valence-electron chi connectivity index (χ3n) is 3.63. The predicted molar refractivity (Wildman–Crippen MR) is 56.8 cm³/mol. The minimum absolute atomic E-state index is 0.101. The molecule has 0 saturated heterocycles. The van der Waals surface area contributed by atoms with Gasteiger partial charge >= 0.3 is 0 Å². The fourth-order valence-electron chi connectivity index (χ4n) is 2.41. The van der Waals surface area contributed by atoms with Crippen LogP contribution in [0.1, 0.15) is 46.0 Å². The molecule has 0 aromatic heterocycles. The van der Waals surface area contributed by atoms with Crippen molar-refractivity contribution in [1.82, 2.24) is 0 Å². The van der Waals surface area contributed by atoms with Crippen molar-refractivity contribution < 1.29 is 4.74 Å². The maximum Gasteiger partial charge on any atom is 0.0740 e. The molecule has 1 aliphatic rings. The number of methoxy groups -OCH3 is 1. The quantitative estimate of drug-likeness (QED) is 0.606. The van der Waals surface area contributed by atoms with Gasteiger partial charge in [-0.1, -0.05) is 38.3 Å². The van der Waals surface area contributed by atoms with E-state index in [0.717, 1.165) is 0 Å². The Hall–Kier alpha value is -0.300. The monoisotopic (exact) mass is 182 g/mol. The van der Waals surface area contributed by atoms with E-state index in [9.17, 15) is 0 Å². The van der Waals surface area contributed by atoms with E-state index in [2.05, 4.69) is 20.4 Å². The normalized spacial score (nSPS) is 23.9. The Bertz CT molecular complexity index is 178. The Morgan fingerprint density at radius 3 is 2.23 bits per heavy atom. The molecule has 0 aliphatic heterocycles. The second kappa shape index (κ2) is 4.28. The maximum atomic E-state index is 5.74. The van der Waals surface area contributed by atoms with Crippen molar-refractivity contribution in [3.63, 3.8) is 0 Å². The van der Waals surface area contributed by atoms with Crippen LogP contribution in [0.3, 0.4) is 0 Å². The summed E-state index contributed by atoms with van der Waals surface area (Å²) in [7, 11) is 1.85. The van der Waals surface area contributed by atoms with E-state index in [4.69, 9.17) is 4.74 Å². The van der Waals surface area contributed by atoms with Crippen molar-refractivity contribution in [3.8, 4) is 0 Å². The third-order valence-corrected chi connectivity index (χ3v) is 3.63. The summed E-state index contributed by atoms with van der Waals surface area (Å²) in [5.41, 5.74) is 1.35. The van der Waals surface area contributed by atoms with Crippen LogP contribution in [0.5, 0.6) is 0 Å². The highest BCUT2D eigenvalue weighted by Gasteiger charge is 2.37. The maximum absolute atomic E-state index is 5.74. The van der Waals surface area contributed by atoms with Crippen LogP contribution in [-0.4, -0.2) is 12.7 Å². The zero-order chi connectivity index (χ0) is 9.90. The highest BCUT2D eigenvalue weighted by atomic mass is 16.5. The van der Waals surface area contributed by atoms with Gasteiger partial charge in [-0.25, -0.2) is 0 Å². The van der Waals surface area contributed by atoms with Crippen molar-refractivity contribution in [2.75, 3.05) is 7.11 Å². The summed E-state index contributed by atoms with van der Waals surface area (Å²) in [6.45, 7) is 8.40. The summed E-state index contributed by atoms with van der Waals surface area (Å²) in [5, 5.41) is 0. The van der Waals surface area contributed by atoms with Gasteiger partial charge in [0.15, 0.2) is 0 Å². The topological polar surface area (TPSA) is 9.23 Å². The average molecular weight is 182 g/mol. The molecule has 13 heavy (non-hydrogen) atoms. The van der Waals surface area contributed by atoms with Gasteiger partial charge in [-0.05, 0) is 19.8 Å². The Morgan fingerprint density at radius 1 is 1.31 bits per heavy atom. The fraction of sp³-hybridized carbons (Fsp3) is 0.833. The summed E-state index contributed by atoms with van der Waals surface area (Å²) in [6, 6.07) is 0. The molecule has 1 heteroatoms. The molecule has 0 N–H and O–H groups in total. The van der Waals surface area contributed by atoms with Gasteiger partial charge in [-0.2, -0.15) is 0 Å². The molecule has 0 spiro atoms. The molecular formula is C12H22O. The van der Waals surface area contributed by atoms with Crippen LogP contribution in [0.2, 0.25) is 0 Å². The van der Waals surface area contributed by atoms with Crippen LogP contribution in [-0.2, 0) is 4.74 Å². The van der Waals surface area contributed by atoms with Crippen molar-refractivity contribution in [2.45, 2.75) is 51.6 Å². The minimum atomic E-state index is 0.101. The van der Waals surface area contributed by atoms with E-state index in [0.29, 0.717) is 5.92 Å². The lowest BCUT2D eigenvalue weighted by atomic mass is 9.74. The molecule has 76 valence electrons. The molecule has 0 bridgehead atoms. The summed E-state index contributed by atoms with van der Waals surface area (Å²) in [5.74, 6) is 0.498. The van der Waals surface area contributed by atoms with Gasteiger partial charge in [-0.15, -0.1) is 0 Å². The zero-order valence-corrected chi connectivity index (χ0v) is 9.23. The average Bonchev–Trinajstić information content (AvgIpc) is 2.17. The van der Waals surface area contributed by atoms with Crippen LogP contribution in [0.15, 0.2) is 12.2 Å². The van der Waals surface area contributed by atoms with Crippen LogP contribution < -0.4 is 0 Å². The first-order valence-corrected chi connectivity index (χ1v) is 5.33. The lowest BCUT2D eigenvalue weighted by molar-refractivity contribution is -0.0686. The van der Waals surface area contributed by atoms with Gasteiger partial charge in [-0.3, -0.25) is 0 Å². The third kappa shape index (κ3) is 2.14. The smallest absolute Gasteiger partial charge is 0.0740 e. The van der Waals surface area contributed by atoms with Gasteiger partial charge in [0.1, 0.15) is 0 Å². The summed E-state index contributed by atoms with van der Waals surface area (Å²) >= 11 is 0. The molecule has 1 unspecified atom stereocenters. The standard InChI is InChI=1S/C12H22O/c1-10(2)11(3)12(13-4)8-6-5-7-9-12/h11H,1,5-9H2,2-4H3. The number of ether oxygens (including phenoxy) is 1. The second-order valence-electron chi connectivity index (χ2n) is 4.40. The highest BCUT2D eigenvalue weighted by molar-refractivity contribution is 5.05. The van der Waals surface area contributed by atoms with E-state index in [1.807, 2.05) is 7.11 Å². The molecule has 1 saturated carbocycles. The van der Waals surface area contributed by atoms with Crippen molar-refractivity contribution in [2.24, 2.45) is 5.92 Å². The number of hydrogen-bond acceptors (Lipinski definition) is 1. The molecule has 1 nitrogen and oxygen atoms in total. The predicted octanol–water partition coefficient (Wildman–Crippen LogP) is 3.55. The first-order chi connectivity index (χ1) is 6.12. The molecule has 1 rings (SSSR count). The van der Waals surface area contributed by atoms with E-state index in [-0.39, 0.29) is 5.60 Å². The SMILES string of the molecule is C=C(C)C(C)C1(OC)CCCCC1. The van der Waals surface area contributed by atoms with Gasteiger partial charge < -0.3 is 4.74 Å². The van der Waals surface area contributed by atoms with Crippen LogP contribution in [0.25, 0.3) is 0 Å². The molecule has 1 aliphatic carbocycles. The lowest BCUT2D eigenvalue weighted by Gasteiger charge is -2.41. The lowest BCUT2D eigenvalue weighted by Crippen LogP contribution is -2.41. The van der Waals surface area contributed by atoms with Gasteiger partial charge in [0.2, 0.25) is 0 Å². The fourth-order valence-corrected chi connectivity index (χ4v) is 2.41. The molecule has 0 aromatic carbocycles. The van der Waals surface area contributed by atoms with Crippen LogP contribution >= 0.6 is 0 Å². The first kappa shape index (κ1) is 10.8. The Labute approximate surface area is 82.2 Å². The summed E-state index contributed by atoms with van der Waals surface area (Å²) < 4.78 is 5.74. The summed E-state index contributed by atoms with van der Waals surface area (Å²) in [6.07, 6.45) is 6.40. The Morgan fingerprint density at radius 2 is 1.85 bits per heavy atom. The molecule has 0 amide bonds. The largest absolute Gasteiger partial charge is 0.378 e. The minimum Gasteiger partial charge on any atom is -0.378 e. The molecule has 1 atom stereocenters. The van der Waals surface area contributed by atoms with Crippen LogP contribution in [0, 0.1) is 5.92 Å². The van der Waals surface area contributed by atoms with E-state index < -0.39 is 0 Å². The molecule has 0 heterocycles. The highest BCUT2D eigenvalue weighted by Crippen LogP contribution is 2.39. The Balaban J connectivity index is 2.72. The van der Waals surface area contributed by atoms with Crippen molar-refractivity contribution in [1.29, 1.82) is 0 Å². The number of hydrogen-bond donors (Lipinski definition) is 0. The van der Waals surface area contributed by atoms with E-state index in [1.54, 1.807) is 0 Å². The van der Waals surface area contributed by atoms with Gasteiger partial charge in [0.05, 0.1) is 5.60 Å². The van der Waals surface area contributed by atoms with Gasteiger partial charge in [0, 0.05) is 13.0 Å². The zero-order valence-electron chi connectivity index (χ0n) is 9.23. The molecular weight excluding hydrogens is 160 g/mol. The molecule has 0 radical (unpaired) electrons. The summed E-state index contributed by atoms with van der Waals surface area (Å²) in [4.78, 5) is 0. The van der Waals surface area contributed by atoms with E-state index >= 15 is 0 Å². The molecule has 0 aromatic rings. The van der Waals surface area contributed by atoms with Crippen molar-refractivity contribution >= 4 is 0 Å².